The molecule has 8 aromatic carbocycles. The Morgan fingerprint density at radius 1 is 0.328 bits per heavy atom. The Labute approximate surface area is 354 Å². The Morgan fingerprint density at radius 3 is 1.56 bits per heavy atom. The van der Waals surface area contributed by atoms with Gasteiger partial charge in [0.1, 0.15) is 10.0 Å². The molecule has 0 N–H and O–H groups in total. The van der Waals surface area contributed by atoms with Crippen LogP contribution in [-0.4, -0.2) is 34.3 Å². The molecule has 0 saturated carbocycles. The molecule has 0 fully saturated rings. The molecule has 7 nitrogen and oxygen atoms in total. The molecule has 4 aromatic heterocycles. The third-order valence-electron chi connectivity index (χ3n) is 11.4. The summed E-state index contributed by atoms with van der Waals surface area (Å²) in [7, 11) is 0. The lowest BCUT2D eigenvalue weighted by atomic mass is 10.1. The minimum Gasteiger partial charge on any atom is -0.309 e. The third-order valence-corrected chi connectivity index (χ3v) is 12.4. The quantitative estimate of drug-likeness (QED) is 0.160. The molecule has 0 aliphatic rings. The van der Waals surface area contributed by atoms with Crippen LogP contribution < -0.4 is 0 Å². The van der Waals surface area contributed by atoms with Crippen LogP contribution in [0.15, 0.2) is 200 Å². The van der Waals surface area contributed by atoms with Gasteiger partial charge in [-0.1, -0.05) is 163 Å². The number of hydrogen-bond donors (Lipinski definition) is 0. The van der Waals surface area contributed by atoms with E-state index in [2.05, 4.69) is 149 Å². The first-order valence-electron chi connectivity index (χ1n) is 20.2. The number of rotatable bonds is 7. The lowest BCUT2D eigenvalue weighted by Gasteiger charge is -2.11. The van der Waals surface area contributed by atoms with Gasteiger partial charge in [0.15, 0.2) is 17.5 Å². The van der Waals surface area contributed by atoms with Crippen LogP contribution in [0.5, 0.6) is 0 Å². The van der Waals surface area contributed by atoms with Gasteiger partial charge in [0.25, 0.3) is 0 Å². The number of nitrogens with zero attached hydrogens (tertiary/aromatic N) is 7. The summed E-state index contributed by atoms with van der Waals surface area (Å²) < 4.78 is 4.67. The van der Waals surface area contributed by atoms with E-state index in [0.717, 1.165) is 76.5 Å². The van der Waals surface area contributed by atoms with E-state index >= 15 is 0 Å². The summed E-state index contributed by atoms with van der Waals surface area (Å²) in [5.74, 6) is 1.87. The molecule has 0 saturated heterocycles. The van der Waals surface area contributed by atoms with Crippen LogP contribution in [-0.2, 0) is 0 Å². The summed E-state index contributed by atoms with van der Waals surface area (Å²) in [6, 6.07) is 69.5. The predicted octanol–water partition coefficient (Wildman–Crippen LogP) is 13.3. The fraction of sp³-hybridized carbons (Fsp3) is 0. The largest absolute Gasteiger partial charge is 0.309 e. The van der Waals surface area contributed by atoms with Crippen LogP contribution in [0.4, 0.5) is 0 Å². The van der Waals surface area contributed by atoms with Crippen molar-refractivity contribution in [2.24, 2.45) is 0 Å². The number of para-hydroxylation sites is 3. The molecule has 0 aliphatic carbocycles. The van der Waals surface area contributed by atoms with Crippen molar-refractivity contribution in [3.05, 3.63) is 200 Å². The summed E-state index contributed by atoms with van der Waals surface area (Å²) in [5.41, 5.74) is 11.5. The molecule has 12 aromatic rings. The fourth-order valence-electron chi connectivity index (χ4n) is 8.61. The normalized spacial score (nSPS) is 11.6. The third kappa shape index (κ3) is 5.92. The average molecular weight is 800 g/mol. The summed E-state index contributed by atoms with van der Waals surface area (Å²) in [6.07, 6.45) is 0. The predicted molar refractivity (Wildman–Crippen MR) is 249 cm³/mol. The van der Waals surface area contributed by atoms with Crippen molar-refractivity contribution in [2.75, 3.05) is 0 Å². The minimum absolute atomic E-state index is 0.611. The molecule has 0 radical (unpaired) electrons. The number of fused-ring (bicyclic) bond motifs is 6. The van der Waals surface area contributed by atoms with Gasteiger partial charge in [-0.2, -0.15) is 0 Å². The van der Waals surface area contributed by atoms with Crippen LogP contribution in [0.1, 0.15) is 0 Å². The van der Waals surface area contributed by atoms with Gasteiger partial charge in [-0.3, -0.25) is 0 Å². The van der Waals surface area contributed by atoms with Crippen molar-refractivity contribution < 1.29 is 0 Å². The van der Waals surface area contributed by atoms with Gasteiger partial charge < -0.3 is 9.13 Å². The monoisotopic (exact) mass is 799 g/mol. The lowest BCUT2D eigenvalue weighted by molar-refractivity contribution is 1.07. The van der Waals surface area contributed by atoms with Crippen molar-refractivity contribution in [3.8, 4) is 66.7 Å². The van der Waals surface area contributed by atoms with Gasteiger partial charge >= 0.3 is 0 Å². The molecule has 0 amide bonds. The summed E-state index contributed by atoms with van der Waals surface area (Å²) in [6.45, 7) is 0. The van der Waals surface area contributed by atoms with Crippen LogP contribution >= 0.6 is 11.3 Å². The van der Waals surface area contributed by atoms with Gasteiger partial charge in [-0.05, 0) is 48.5 Å². The molecular weight excluding hydrogens is 767 g/mol. The smallest absolute Gasteiger partial charge is 0.164 e. The van der Waals surface area contributed by atoms with Crippen molar-refractivity contribution in [1.29, 1.82) is 0 Å². The lowest BCUT2D eigenvalue weighted by Crippen LogP contribution is -2.01. The number of hydrogen-bond acceptors (Lipinski definition) is 6. The van der Waals surface area contributed by atoms with Crippen LogP contribution in [0.2, 0.25) is 0 Å². The second-order valence-electron chi connectivity index (χ2n) is 15.0. The van der Waals surface area contributed by atoms with Crippen molar-refractivity contribution in [2.45, 2.75) is 0 Å². The molecule has 286 valence electrons. The standard InChI is InChI=1S/C53H33N7S/c1-4-16-34(17-5-1)49-54-50(35-18-6-2-7-19-35)56-51(55-49)36-20-14-23-39(32-36)60-45-28-13-11-25-42(45)48-43(26-15-29-46(48)60)53-58-57-52(61-53)37-30-31-41-40-24-10-12-27-44(40)59(47(41)33-37)38-21-8-3-9-22-38/h1-33H. The first kappa shape index (κ1) is 34.9. The molecule has 0 atom stereocenters. The molecule has 0 unspecified atom stereocenters. The van der Waals surface area contributed by atoms with E-state index < -0.39 is 0 Å². The molecule has 61 heavy (non-hydrogen) atoms. The molecule has 0 bridgehead atoms. The van der Waals surface area contributed by atoms with Gasteiger partial charge in [-0.25, -0.2) is 15.0 Å². The molecule has 4 heterocycles. The maximum Gasteiger partial charge on any atom is 0.164 e. The first-order valence-corrected chi connectivity index (χ1v) is 21.0. The summed E-state index contributed by atoms with van der Waals surface area (Å²) in [4.78, 5) is 15.0. The molecule has 0 aliphatic heterocycles. The van der Waals surface area contributed by atoms with Crippen LogP contribution in [0, 0.1) is 0 Å². The average Bonchev–Trinajstić information content (AvgIpc) is 4.05. The van der Waals surface area contributed by atoms with E-state index in [4.69, 9.17) is 25.1 Å². The maximum atomic E-state index is 5.03. The molecule has 8 heteroatoms. The maximum absolute atomic E-state index is 5.03. The highest BCUT2D eigenvalue weighted by molar-refractivity contribution is 7.18. The minimum atomic E-state index is 0.611. The van der Waals surface area contributed by atoms with Gasteiger partial charge in [0.2, 0.25) is 0 Å². The zero-order chi connectivity index (χ0) is 40.3. The van der Waals surface area contributed by atoms with Crippen molar-refractivity contribution >= 4 is 54.9 Å². The summed E-state index contributed by atoms with van der Waals surface area (Å²) in [5, 5.41) is 16.1. The van der Waals surface area contributed by atoms with E-state index in [1.807, 2.05) is 60.7 Å². The van der Waals surface area contributed by atoms with Gasteiger partial charge in [0, 0.05) is 60.7 Å². The number of aromatic nitrogens is 7. The van der Waals surface area contributed by atoms with E-state index in [1.165, 1.54) is 16.3 Å². The summed E-state index contributed by atoms with van der Waals surface area (Å²) >= 11 is 1.62. The zero-order valence-electron chi connectivity index (χ0n) is 32.6. The van der Waals surface area contributed by atoms with E-state index in [0.29, 0.717) is 17.5 Å². The SMILES string of the molecule is c1ccc(-c2nc(-c3ccccc3)nc(-c3cccc(-n4c5ccccc5c5c(-c6nnc(-c7ccc8c9ccccc9n(-c9ccccc9)c8c7)s6)cccc54)c3)n2)cc1. The Bertz CT molecular complexity index is 3530. The van der Waals surface area contributed by atoms with E-state index in [1.54, 1.807) is 11.3 Å². The van der Waals surface area contributed by atoms with Crippen molar-refractivity contribution in [1.82, 2.24) is 34.3 Å². The molecule has 0 spiro atoms. The second-order valence-corrected chi connectivity index (χ2v) is 16.0. The second kappa shape index (κ2) is 14.3. The Hall–Kier alpha value is -8.07. The first-order chi connectivity index (χ1) is 30.2. The Balaban J connectivity index is 0.978. The van der Waals surface area contributed by atoms with E-state index in [9.17, 15) is 0 Å². The van der Waals surface area contributed by atoms with E-state index in [-0.39, 0.29) is 0 Å². The Morgan fingerprint density at radius 2 is 0.836 bits per heavy atom. The highest BCUT2D eigenvalue weighted by atomic mass is 32.1. The zero-order valence-corrected chi connectivity index (χ0v) is 33.4. The highest BCUT2D eigenvalue weighted by Gasteiger charge is 2.21. The topological polar surface area (TPSA) is 74.3 Å². The van der Waals surface area contributed by atoms with Gasteiger partial charge in [-0.15, -0.1) is 10.2 Å². The number of benzene rings is 8. The van der Waals surface area contributed by atoms with Gasteiger partial charge in [0.05, 0.1) is 22.1 Å². The fourth-order valence-corrected chi connectivity index (χ4v) is 9.48. The Kier molecular flexibility index (Phi) is 8.21. The molecular formula is C53H33N7S. The van der Waals surface area contributed by atoms with Crippen LogP contribution in [0.3, 0.4) is 0 Å². The molecule has 12 rings (SSSR count). The van der Waals surface area contributed by atoms with Crippen LogP contribution in [0.25, 0.3) is 110 Å². The van der Waals surface area contributed by atoms with Crippen molar-refractivity contribution in [3.63, 3.8) is 0 Å². The highest BCUT2D eigenvalue weighted by Crippen LogP contribution is 2.42.